The molecule has 3 amide bonds. The van der Waals surface area contributed by atoms with E-state index in [-0.39, 0.29) is 23.4 Å². The minimum atomic E-state index is -0.522. The van der Waals surface area contributed by atoms with Crippen molar-refractivity contribution in [3.05, 3.63) is 52.2 Å². The quantitative estimate of drug-likeness (QED) is 0.400. The van der Waals surface area contributed by atoms with Gasteiger partial charge in [0, 0.05) is 16.6 Å². The molecule has 2 unspecified atom stereocenters. The number of anilines is 1. The van der Waals surface area contributed by atoms with E-state index in [4.69, 9.17) is 0 Å². The molecular weight excluding hydrogens is 432 g/mol. The number of aryl methyl sites for hydroxylation is 1. The van der Waals surface area contributed by atoms with E-state index in [1.807, 2.05) is 44.2 Å². The number of hydrogen-bond acceptors (Lipinski definition) is 4. The number of imide groups is 1. The summed E-state index contributed by atoms with van der Waals surface area (Å²) in [6.07, 6.45) is 4.59. The third kappa shape index (κ3) is 6.45. The number of carbonyl (C=O) groups is 2. The Balaban J connectivity index is 1.71. The van der Waals surface area contributed by atoms with Gasteiger partial charge in [0.25, 0.3) is 5.91 Å². The number of aliphatic hydroxyl groups excluding tert-OH is 1. The lowest BCUT2D eigenvalue weighted by Gasteiger charge is -2.23. The van der Waals surface area contributed by atoms with E-state index in [0.29, 0.717) is 18.5 Å². The van der Waals surface area contributed by atoms with Crippen molar-refractivity contribution < 1.29 is 14.7 Å². The Labute approximate surface area is 202 Å². The van der Waals surface area contributed by atoms with Gasteiger partial charge in [-0.25, -0.2) is 4.79 Å². The van der Waals surface area contributed by atoms with Crippen molar-refractivity contribution in [1.29, 1.82) is 0 Å². The summed E-state index contributed by atoms with van der Waals surface area (Å²) in [5.41, 5.74) is 1.82. The molecular formula is C27H38N2O3S. The van der Waals surface area contributed by atoms with Crippen LogP contribution in [0.4, 0.5) is 10.5 Å². The molecule has 2 atom stereocenters. The first-order valence-corrected chi connectivity index (χ1v) is 12.9. The lowest BCUT2D eigenvalue weighted by atomic mass is 9.88. The predicted molar refractivity (Wildman–Crippen MR) is 136 cm³/mol. The first-order chi connectivity index (χ1) is 15.6. The molecule has 1 aromatic heterocycles. The van der Waals surface area contributed by atoms with Gasteiger partial charge < -0.3 is 5.11 Å². The molecule has 0 aliphatic carbocycles. The summed E-state index contributed by atoms with van der Waals surface area (Å²) in [7, 11) is 0. The SMILES string of the molecule is CC(C)N1C(=O)C(CCCc2cccs2)N(c2ccc(C(O)CCCC(C)(C)C)cc2)C1=O. The van der Waals surface area contributed by atoms with Gasteiger partial charge in [-0.2, -0.15) is 0 Å². The molecule has 6 heteroatoms. The molecule has 0 radical (unpaired) electrons. The van der Waals surface area contributed by atoms with E-state index in [9.17, 15) is 14.7 Å². The van der Waals surface area contributed by atoms with Crippen LogP contribution in [0.2, 0.25) is 0 Å². The zero-order valence-corrected chi connectivity index (χ0v) is 21.4. The first-order valence-electron chi connectivity index (χ1n) is 12.0. The highest BCUT2D eigenvalue weighted by Gasteiger charge is 2.46. The Morgan fingerprint density at radius 3 is 2.33 bits per heavy atom. The van der Waals surface area contributed by atoms with Gasteiger partial charge in [0.15, 0.2) is 0 Å². The number of urea groups is 1. The number of amides is 3. The van der Waals surface area contributed by atoms with Crippen molar-refractivity contribution in [2.75, 3.05) is 4.90 Å². The fraction of sp³-hybridized carbons (Fsp3) is 0.556. The second-order valence-electron chi connectivity index (χ2n) is 10.5. The Morgan fingerprint density at radius 1 is 1.06 bits per heavy atom. The van der Waals surface area contributed by atoms with Gasteiger partial charge >= 0.3 is 6.03 Å². The monoisotopic (exact) mass is 470 g/mol. The predicted octanol–water partition coefficient (Wildman–Crippen LogP) is 6.57. The van der Waals surface area contributed by atoms with Gasteiger partial charge in [0.2, 0.25) is 0 Å². The Morgan fingerprint density at radius 2 is 1.76 bits per heavy atom. The van der Waals surface area contributed by atoms with Gasteiger partial charge in [-0.1, -0.05) is 45.4 Å². The van der Waals surface area contributed by atoms with Crippen molar-refractivity contribution in [1.82, 2.24) is 4.90 Å². The topological polar surface area (TPSA) is 60.9 Å². The number of carbonyl (C=O) groups excluding carboxylic acids is 2. The molecule has 1 N–H and O–H groups in total. The van der Waals surface area contributed by atoms with Crippen molar-refractivity contribution in [2.45, 2.75) is 91.3 Å². The molecule has 0 spiro atoms. The third-order valence-corrected chi connectivity index (χ3v) is 7.14. The molecule has 1 aliphatic heterocycles. The van der Waals surface area contributed by atoms with Crippen molar-refractivity contribution in [3.8, 4) is 0 Å². The average molecular weight is 471 g/mol. The normalized spacial score (nSPS) is 18.0. The minimum Gasteiger partial charge on any atom is -0.388 e. The van der Waals surface area contributed by atoms with Crippen LogP contribution < -0.4 is 4.90 Å². The number of benzene rings is 1. The smallest absolute Gasteiger partial charge is 0.332 e. The molecule has 2 heterocycles. The molecule has 0 bridgehead atoms. The second kappa shape index (κ2) is 10.8. The van der Waals surface area contributed by atoms with E-state index in [2.05, 4.69) is 32.2 Å². The summed E-state index contributed by atoms with van der Waals surface area (Å²) in [4.78, 5) is 30.7. The van der Waals surface area contributed by atoms with E-state index < -0.39 is 12.1 Å². The highest BCUT2D eigenvalue weighted by Crippen LogP contribution is 2.32. The summed E-state index contributed by atoms with van der Waals surface area (Å²) in [5, 5.41) is 12.7. The van der Waals surface area contributed by atoms with E-state index in [1.165, 1.54) is 9.78 Å². The highest BCUT2D eigenvalue weighted by molar-refractivity contribution is 7.09. The summed E-state index contributed by atoms with van der Waals surface area (Å²) < 4.78 is 0. The van der Waals surface area contributed by atoms with Crippen LogP contribution in [0, 0.1) is 5.41 Å². The number of rotatable bonds is 10. The Bertz CT molecular complexity index is 916. The highest BCUT2D eigenvalue weighted by atomic mass is 32.1. The maximum Gasteiger partial charge on any atom is 0.332 e. The summed E-state index contributed by atoms with van der Waals surface area (Å²) in [5.74, 6) is -0.118. The molecule has 1 saturated heterocycles. The van der Waals surface area contributed by atoms with Crippen LogP contribution in [0.25, 0.3) is 0 Å². The fourth-order valence-corrected chi connectivity index (χ4v) is 5.16. The van der Waals surface area contributed by atoms with E-state index >= 15 is 0 Å². The summed E-state index contributed by atoms with van der Waals surface area (Å²) >= 11 is 1.72. The minimum absolute atomic E-state index is 0.118. The fourth-order valence-electron chi connectivity index (χ4n) is 4.41. The van der Waals surface area contributed by atoms with Crippen molar-refractivity contribution >= 4 is 29.0 Å². The molecule has 1 fully saturated rings. The average Bonchev–Trinajstić information content (AvgIpc) is 3.33. The lowest BCUT2D eigenvalue weighted by Crippen LogP contribution is -2.38. The maximum absolute atomic E-state index is 13.2. The second-order valence-corrected chi connectivity index (χ2v) is 11.5. The standard InChI is InChI=1S/C27H38N2O3S/c1-19(2)28-25(31)23(11-6-9-22-10-8-18-33-22)29(26(28)32)21-15-13-20(14-16-21)24(30)12-7-17-27(3,4)5/h8,10,13-16,18-19,23-24,30H,6-7,9,11-12,17H2,1-5H3. The van der Waals surface area contributed by atoms with Crippen molar-refractivity contribution in [3.63, 3.8) is 0 Å². The Hall–Kier alpha value is -2.18. The molecule has 2 aromatic rings. The maximum atomic E-state index is 13.2. The van der Waals surface area contributed by atoms with Crippen LogP contribution in [0.15, 0.2) is 41.8 Å². The number of thiophene rings is 1. The lowest BCUT2D eigenvalue weighted by molar-refractivity contribution is -0.128. The van der Waals surface area contributed by atoms with Crippen LogP contribution in [0.1, 0.15) is 83.3 Å². The largest absolute Gasteiger partial charge is 0.388 e. The number of aliphatic hydroxyl groups is 1. The first kappa shape index (κ1) is 25.4. The third-order valence-electron chi connectivity index (χ3n) is 6.20. The van der Waals surface area contributed by atoms with E-state index in [1.54, 1.807) is 16.2 Å². The van der Waals surface area contributed by atoms with Crippen LogP contribution >= 0.6 is 11.3 Å². The van der Waals surface area contributed by atoms with Crippen LogP contribution in [-0.4, -0.2) is 34.0 Å². The molecule has 0 saturated carbocycles. The van der Waals surface area contributed by atoms with Crippen LogP contribution in [0.3, 0.4) is 0 Å². The molecule has 33 heavy (non-hydrogen) atoms. The van der Waals surface area contributed by atoms with Gasteiger partial charge in [0.05, 0.1) is 6.10 Å². The molecule has 180 valence electrons. The zero-order chi connectivity index (χ0) is 24.2. The number of hydrogen-bond donors (Lipinski definition) is 1. The number of nitrogens with zero attached hydrogens (tertiary/aromatic N) is 2. The molecule has 1 aromatic carbocycles. The van der Waals surface area contributed by atoms with Crippen LogP contribution in [0.5, 0.6) is 0 Å². The summed E-state index contributed by atoms with van der Waals surface area (Å²) in [6.45, 7) is 10.4. The van der Waals surface area contributed by atoms with E-state index in [0.717, 1.165) is 31.2 Å². The van der Waals surface area contributed by atoms with Gasteiger partial charge in [-0.05, 0) is 80.5 Å². The van der Waals surface area contributed by atoms with Crippen LogP contribution in [-0.2, 0) is 11.2 Å². The molecule has 1 aliphatic rings. The van der Waals surface area contributed by atoms with Gasteiger partial charge in [0.1, 0.15) is 6.04 Å². The zero-order valence-electron chi connectivity index (χ0n) is 20.6. The summed E-state index contributed by atoms with van der Waals surface area (Å²) in [6, 6.07) is 10.7. The molecule has 5 nitrogen and oxygen atoms in total. The van der Waals surface area contributed by atoms with Gasteiger partial charge in [-0.15, -0.1) is 11.3 Å². The molecule has 3 rings (SSSR count). The Kier molecular flexibility index (Phi) is 8.35. The van der Waals surface area contributed by atoms with Crippen molar-refractivity contribution in [2.24, 2.45) is 5.41 Å². The van der Waals surface area contributed by atoms with Gasteiger partial charge in [-0.3, -0.25) is 14.6 Å².